The fourth-order valence-electron chi connectivity index (χ4n) is 2.23. The Hall–Kier alpha value is -2.55. The van der Waals surface area contributed by atoms with Gasteiger partial charge < -0.3 is 24.4 Å². The first-order valence-electron chi connectivity index (χ1n) is 7.11. The van der Waals surface area contributed by atoms with Gasteiger partial charge in [-0.15, -0.1) is 0 Å². The zero-order valence-electron chi connectivity index (χ0n) is 13.5. The highest BCUT2D eigenvalue weighted by Crippen LogP contribution is 2.31. The number of allylic oxidation sites excluding steroid dienone is 2. The second-order valence-electron chi connectivity index (χ2n) is 4.90. The molecular formula is C16H15BClNO6. The number of esters is 2. The lowest BCUT2D eigenvalue weighted by Gasteiger charge is -2.24. The minimum atomic E-state index is -1.73. The maximum atomic E-state index is 12.3. The van der Waals surface area contributed by atoms with Crippen LogP contribution in [0.1, 0.15) is 0 Å². The summed E-state index contributed by atoms with van der Waals surface area (Å²) in [6.07, 6.45) is 6.03. The standard InChI is InChI=1S/C16H15BClNO6/c1-24-15(20)11-5-3-4-8-19(14(11)16(21)25-2)13-9-10(17(22)23)6-7-12(13)18/h3-9,22-23H,1-2H3. The third kappa shape index (κ3) is 3.93. The zero-order valence-corrected chi connectivity index (χ0v) is 14.2. The van der Waals surface area contributed by atoms with Crippen molar-refractivity contribution in [3.05, 3.63) is 58.9 Å². The number of ether oxygens (including phenoxy) is 2. The molecule has 1 aromatic carbocycles. The number of benzene rings is 1. The van der Waals surface area contributed by atoms with Crippen molar-refractivity contribution in [3.63, 3.8) is 0 Å². The minimum Gasteiger partial charge on any atom is -0.465 e. The summed E-state index contributed by atoms with van der Waals surface area (Å²) in [6, 6.07) is 4.27. The van der Waals surface area contributed by atoms with Crippen molar-refractivity contribution in [2.75, 3.05) is 19.1 Å². The largest absolute Gasteiger partial charge is 0.488 e. The van der Waals surface area contributed by atoms with Gasteiger partial charge in [0.05, 0.1) is 30.5 Å². The van der Waals surface area contributed by atoms with E-state index in [4.69, 9.17) is 21.1 Å². The molecule has 0 unspecified atom stereocenters. The van der Waals surface area contributed by atoms with Crippen molar-refractivity contribution < 1.29 is 29.1 Å². The van der Waals surface area contributed by atoms with Gasteiger partial charge in [-0.3, -0.25) is 0 Å². The second kappa shape index (κ2) is 8.02. The highest BCUT2D eigenvalue weighted by atomic mass is 35.5. The summed E-state index contributed by atoms with van der Waals surface area (Å²) in [6.45, 7) is 0. The van der Waals surface area contributed by atoms with Crippen LogP contribution in [0.4, 0.5) is 5.69 Å². The van der Waals surface area contributed by atoms with Gasteiger partial charge in [-0.05, 0) is 29.7 Å². The number of hydrogen-bond acceptors (Lipinski definition) is 7. The summed E-state index contributed by atoms with van der Waals surface area (Å²) in [5, 5.41) is 19.0. The molecule has 0 bridgehead atoms. The molecule has 0 saturated carbocycles. The average Bonchev–Trinajstić information content (AvgIpc) is 2.83. The van der Waals surface area contributed by atoms with Crippen molar-refractivity contribution in [3.8, 4) is 0 Å². The van der Waals surface area contributed by atoms with E-state index in [2.05, 4.69) is 0 Å². The van der Waals surface area contributed by atoms with Gasteiger partial charge in [0.1, 0.15) is 5.70 Å². The first-order chi connectivity index (χ1) is 11.9. The normalized spacial score (nSPS) is 13.6. The maximum absolute atomic E-state index is 12.3. The summed E-state index contributed by atoms with van der Waals surface area (Å²) in [5.41, 5.74) is 0.263. The van der Waals surface area contributed by atoms with E-state index < -0.39 is 19.1 Å². The molecule has 1 aromatic rings. The lowest BCUT2D eigenvalue weighted by Crippen LogP contribution is -2.32. The van der Waals surface area contributed by atoms with Gasteiger partial charge in [0, 0.05) is 6.20 Å². The van der Waals surface area contributed by atoms with Gasteiger partial charge in [0.15, 0.2) is 0 Å². The number of rotatable bonds is 4. The van der Waals surface area contributed by atoms with Crippen molar-refractivity contribution in [2.45, 2.75) is 0 Å². The van der Waals surface area contributed by atoms with E-state index in [0.717, 1.165) is 0 Å². The van der Waals surface area contributed by atoms with Crippen LogP contribution in [-0.2, 0) is 19.1 Å². The van der Waals surface area contributed by atoms with E-state index in [1.54, 1.807) is 12.2 Å². The average molecular weight is 364 g/mol. The molecule has 1 aliphatic heterocycles. The molecule has 2 N–H and O–H groups in total. The van der Waals surface area contributed by atoms with E-state index in [1.165, 1.54) is 49.6 Å². The molecule has 0 spiro atoms. The number of carbonyl (C=O) groups excluding carboxylic acids is 2. The molecular weight excluding hydrogens is 348 g/mol. The molecule has 130 valence electrons. The maximum Gasteiger partial charge on any atom is 0.488 e. The van der Waals surface area contributed by atoms with Crippen molar-refractivity contribution in [1.82, 2.24) is 0 Å². The van der Waals surface area contributed by atoms with E-state index >= 15 is 0 Å². The van der Waals surface area contributed by atoms with Crippen LogP contribution in [0.15, 0.2) is 53.9 Å². The number of methoxy groups -OCH3 is 2. The molecule has 0 amide bonds. The fraction of sp³-hybridized carbons (Fsp3) is 0.125. The SMILES string of the molecule is COC(=O)C1=C(C(=O)OC)N(c2cc(B(O)O)ccc2Cl)C=CC=C1. The molecule has 7 nitrogen and oxygen atoms in total. The summed E-state index contributed by atoms with van der Waals surface area (Å²) in [5.74, 6) is -1.53. The van der Waals surface area contributed by atoms with Crippen molar-refractivity contribution in [2.24, 2.45) is 0 Å². The summed E-state index contributed by atoms with van der Waals surface area (Å²) in [4.78, 5) is 25.7. The lowest BCUT2D eigenvalue weighted by atomic mass is 9.80. The van der Waals surface area contributed by atoms with Crippen LogP contribution in [0.25, 0.3) is 0 Å². The van der Waals surface area contributed by atoms with Gasteiger partial charge in [0.2, 0.25) is 0 Å². The predicted molar refractivity (Wildman–Crippen MR) is 93.1 cm³/mol. The van der Waals surface area contributed by atoms with Crippen LogP contribution in [-0.4, -0.2) is 43.3 Å². The quantitative estimate of drug-likeness (QED) is 0.594. The molecule has 2 rings (SSSR count). The molecule has 0 saturated heterocycles. The van der Waals surface area contributed by atoms with E-state index in [1.807, 2.05) is 0 Å². The van der Waals surface area contributed by atoms with Crippen LogP contribution in [0.2, 0.25) is 5.02 Å². The molecule has 0 atom stereocenters. The number of carbonyl (C=O) groups is 2. The topological polar surface area (TPSA) is 96.3 Å². The molecule has 0 aromatic heterocycles. The Morgan fingerprint density at radius 2 is 1.80 bits per heavy atom. The Morgan fingerprint density at radius 1 is 1.12 bits per heavy atom. The Morgan fingerprint density at radius 3 is 2.40 bits per heavy atom. The van der Waals surface area contributed by atoms with Crippen molar-refractivity contribution in [1.29, 1.82) is 0 Å². The molecule has 1 heterocycles. The summed E-state index contributed by atoms with van der Waals surface area (Å²) < 4.78 is 9.51. The third-order valence-corrected chi connectivity index (χ3v) is 3.74. The summed E-state index contributed by atoms with van der Waals surface area (Å²) in [7, 11) is 0.642. The Kier molecular flexibility index (Phi) is 6.03. The number of anilines is 1. The number of halogens is 1. The summed E-state index contributed by atoms with van der Waals surface area (Å²) >= 11 is 6.21. The fourth-order valence-corrected chi connectivity index (χ4v) is 2.43. The predicted octanol–water partition coefficient (Wildman–Crippen LogP) is 0.510. The Bertz CT molecular complexity index is 787. The number of nitrogens with zero attached hydrogens (tertiary/aromatic N) is 1. The molecule has 0 radical (unpaired) electrons. The zero-order chi connectivity index (χ0) is 18.6. The van der Waals surface area contributed by atoms with E-state index in [0.29, 0.717) is 0 Å². The molecule has 9 heteroatoms. The van der Waals surface area contributed by atoms with E-state index in [9.17, 15) is 19.6 Å². The van der Waals surface area contributed by atoms with Crippen molar-refractivity contribution >= 4 is 41.8 Å². The second-order valence-corrected chi connectivity index (χ2v) is 5.31. The molecule has 25 heavy (non-hydrogen) atoms. The van der Waals surface area contributed by atoms with Crippen LogP contribution in [0, 0.1) is 0 Å². The first kappa shape index (κ1) is 18.8. The van der Waals surface area contributed by atoms with Gasteiger partial charge in [0.25, 0.3) is 0 Å². The van der Waals surface area contributed by atoms with Crippen LogP contribution in [0.5, 0.6) is 0 Å². The number of hydrogen-bond donors (Lipinski definition) is 2. The monoisotopic (exact) mass is 363 g/mol. The smallest absolute Gasteiger partial charge is 0.465 e. The highest BCUT2D eigenvalue weighted by molar-refractivity contribution is 6.59. The van der Waals surface area contributed by atoms with Gasteiger partial charge in [-0.2, -0.15) is 0 Å². The molecule has 0 aliphatic carbocycles. The third-order valence-electron chi connectivity index (χ3n) is 3.42. The molecule has 1 aliphatic rings. The highest BCUT2D eigenvalue weighted by Gasteiger charge is 2.29. The first-order valence-corrected chi connectivity index (χ1v) is 7.49. The lowest BCUT2D eigenvalue weighted by molar-refractivity contribution is -0.139. The van der Waals surface area contributed by atoms with Crippen LogP contribution >= 0.6 is 11.6 Å². The Balaban J connectivity index is 2.71. The molecule has 0 fully saturated rings. The van der Waals surface area contributed by atoms with E-state index in [-0.39, 0.29) is 27.4 Å². The Labute approximate surface area is 149 Å². The van der Waals surface area contributed by atoms with Gasteiger partial charge in [-0.1, -0.05) is 23.7 Å². The van der Waals surface area contributed by atoms with Crippen LogP contribution < -0.4 is 10.4 Å². The van der Waals surface area contributed by atoms with Crippen LogP contribution in [0.3, 0.4) is 0 Å². The van der Waals surface area contributed by atoms with Gasteiger partial charge >= 0.3 is 19.1 Å². The minimum absolute atomic E-state index is 0.0367. The van der Waals surface area contributed by atoms with Gasteiger partial charge in [-0.25, -0.2) is 9.59 Å².